The number of pyridine rings is 1. The number of rotatable bonds is 6. The van der Waals surface area contributed by atoms with Crippen molar-refractivity contribution in [3.8, 4) is 17.0 Å². The molecule has 5 aromatic rings. The van der Waals surface area contributed by atoms with Crippen LogP contribution in [0.5, 0.6) is 5.88 Å². The summed E-state index contributed by atoms with van der Waals surface area (Å²) in [5, 5.41) is 11.8. The number of imidazole rings is 1. The molecule has 0 bridgehead atoms. The van der Waals surface area contributed by atoms with Crippen LogP contribution in [0.15, 0.2) is 36.9 Å². The Morgan fingerprint density at radius 3 is 2.72 bits per heavy atom. The number of hydrogen-bond donors (Lipinski definition) is 1. The van der Waals surface area contributed by atoms with Crippen molar-refractivity contribution in [3.63, 3.8) is 0 Å². The average molecular weight is 492 g/mol. The van der Waals surface area contributed by atoms with Crippen molar-refractivity contribution in [2.24, 2.45) is 7.05 Å². The monoisotopic (exact) mass is 491 g/mol. The van der Waals surface area contributed by atoms with E-state index in [9.17, 15) is 8.78 Å². The maximum Gasteiger partial charge on any atom is 0.255 e. The second kappa shape index (κ2) is 7.45. The van der Waals surface area contributed by atoms with E-state index >= 15 is 0 Å². The highest BCUT2D eigenvalue weighted by molar-refractivity contribution is 5.88. The number of nitrogens with one attached hydrogen (secondary N) is 1. The number of alkyl halides is 2. The molecule has 184 valence electrons. The number of ether oxygens (including phenoxy) is 1. The number of halogens is 2. The maximum atomic E-state index is 13.6. The fourth-order valence-electron chi connectivity index (χ4n) is 4.85. The third kappa shape index (κ3) is 3.55. The molecule has 1 N–H and O–H groups in total. The lowest BCUT2D eigenvalue weighted by Crippen LogP contribution is -2.43. The SMILES string of the molecule is Cc1nc2ncc(-c3ccn4nc(Nc5cnn(C)c5)nc(OC5CC(F)(F)C5)c34)cc2n1C1CC1. The highest BCUT2D eigenvalue weighted by atomic mass is 19.3. The Morgan fingerprint density at radius 1 is 1.17 bits per heavy atom. The minimum atomic E-state index is -2.70. The number of hydrogen-bond acceptors (Lipinski definition) is 7. The first-order chi connectivity index (χ1) is 17.3. The van der Waals surface area contributed by atoms with Gasteiger partial charge in [-0.25, -0.2) is 23.3 Å². The average Bonchev–Trinajstić information content (AvgIpc) is 3.26. The third-order valence-corrected chi connectivity index (χ3v) is 6.72. The van der Waals surface area contributed by atoms with Gasteiger partial charge in [0.2, 0.25) is 11.8 Å². The molecule has 0 radical (unpaired) electrons. The van der Waals surface area contributed by atoms with E-state index in [-0.39, 0.29) is 24.7 Å². The molecule has 7 rings (SSSR count). The molecule has 0 unspecified atom stereocenters. The van der Waals surface area contributed by atoms with Crippen molar-refractivity contribution in [1.82, 2.24) is 38.9 Å². The Labute approximate surface area is 203 Å². The highest BCUT2D eigenvalue weighted by Gasteiger charge is 2.47. The molecule has 2 fully saturated rings. The summed E-state index contributed by atoms with van der Waals surface area (Å²) in [5.41, 5.74) is 4.63. The Hall–Kier alpha value is -4.09. The molecule has 0 atom stereocenters. The van der Waals surface area contributed by atoms with Crippen LogP contribution in [0.25, 0.3) is 27.8 Å². The smallest absolute Gasteiger partial charge is 0.255 e. The normalized spacial score (nSPS) is 17.6. The molecular weight excluding hydrogens is 468 g/mol. The van der Waals surface area contributed by atoms with E-state index in [0.29, 0.717) is 22.9 Å². The standard InChI is InChI=1S/C24H23F2N9O/c1-13-29-21-19(35(13)16-3-4-16)7-14(10-27-21)18-5-6-34-20(18)22(36-17-8-24(25,26)9-17)31-23(32-34)30-15-11-28-33(2)12-15/h5-7,10-12,16-17H,3-4,8-9H2,1-2H3,(H,30,32). The van der Waals surface area contributed by atoms with Crippen molar-refractivity contribution in [2.75, 3.05) is 5.32 Å². The van der Waals surface area contributed by atoms with E-state index in [1.165, 1.54) is 0 Å². The summed E-state index contributed by atoms with van der Waals surface area (Å²) in [6.07, 6.45) is 7.98. The van der Waals surface area contributed by atoms with Gasteiger partial charge in [0.1, 0.15) is 17.4 Å². The summed E-state index contributed by atoms with van der Waals surface area (Å²) in [7, 11) is 1.81. The van der Waals surface area contributed by atoms with E-state index in [2.05, 4.69) is 41.1 Å². The topological polar surface area (TPSA) is 100.0 Å². The molecule has 0 aliphatic heterocycles. The second-order valence-electron chi connectivity index (χ2n) is 9.62. The summed E-state index contributed by atoms with van der Waals surface area (Å²) in [4.78, 5) is 13.8. The van der Waals surface area contributed by atoms with Gasteiger partial charge >= 0.3 is 0 Å². The summed E-state index contributed by atoms with van der Waals surface area (Å²) >= 11 is 0. The number of nitrogens with zero attached hydrogens (tertiary/aromatic N) is 8. The van der Waals surface area contributed by atoms with Gasteiger partial charge in [-0.05, 0) is 31.9 Å². The fraction of sp³-hybridized carbons (Fsp3) is 0.375. The molecule has 5 heterocycles. The van der Waals surface area contributed by atoms with E-state index < -0.39 is 12.0 Å². The van der Waals surface area contributed by atoms with Gasteiger partial charge in [0.15, 0.2) is 5.65 Å². The van der Waals surface area contributed by atoms with Gasteiger partial charge in [-0.2, -0.15) is 10.1 Å². The Balaban J connectivity index is 1.33. The van der Waals surface area contributed by atoms with Gasteiger partial charge in [-0.1, -0.05) is 0 Å². The zero-order chi connectivity index (χ0) is 24.6. The summed E-state index contributed by atoms with van der Waals surface area (Å²) in [6.45, 7) is 2.00. The van der Waals surface area contributed by atoms with Crippen LogP contribution in [-0.2, 0) is 7.05 Å². The zero-order valence-corrected chi connectivity index (χ0v) is 19.7. The Morgan fingerprint density at radius 2 is 2.00 bits per heavy atom. The van der Waals surface area contributed by atoms with Crippen molar-refractivity contribution < 1.29 is 13.5 Å². The first-order valence-corrected chi connectivity index (χ1v) is 11.9. The molecule has 10 nitrogen and oxygen atoms in total. The van der Waals surface area contributed by atoms with Crippen LogP contribution >= 0.6 is 0 Å². The minimum absolute atomic E-state index is 0.240. The molecule has 0 aromatic carbocycles. The van der Waals surface area contributed by atoms with Gasteiger partial charge in [0, 0.05) is 55.6 Å². The van der Waals surface area contributed by atoms with Crippen molar-refractivity contribution in [1.29, 1.82) is 0 Å². The van der Waals surface area contributed by atoms with Gasteiger partial charge < -0.3 is 14.6 Å². The largest absolute Gasteiger partial charge is 0.472 e. The molecule has 36 heavy (non-hydrogen) atoms. The number of fused-ring (bicyclic) bond motifs is 2. The summed E-state index contributed by atoms with van der Waals surface area (Å²) in [6, 6.07) is 4.44. The molecule has 2 saturated carbocycles. The quantitative estimate of drug-likeness (QED) is 0.375. The van der Waals surface area contributed by atoms with Gasteiger partial charge in [-0.3, -0.25) is 4.68 Å². The van der Waals surface area contributed by atoms with Crippen LogP contribution in [0.1, 0.15) is 37.5 Å². The van der Waals surface area contributed by atoms with Crippen molar-refractivity contribution in [2.45, 2.75) is 50.7 Å². The van der Waals surface area contributed by atoms with Crippen molar-refractivity contribution in [3.05, 3.63) is 42.7 Å². The lowest BCUT2D eigenvalue weighted by Gasteiger charge is -2.34. The summed E-state index contributed by atoms with van der Waals surface area (Å²) < 4.78 is 38.7. The molecular formula is C24H23F2N9O. The Kier molecular flexibility index (Phi) is 4.39. The first-order valence-electron chi connectivity index (χ1n) is 11.9. The predicted octanol–water partition coefficient (Wildman–Crippen LogP) is 4.44. The van der Waals surface area contributed by atoms with Gasteiger partial charge in [0.05, 0.1) is 17.4 Å². The highest BCUT2D eigenvalue weighted by Crippen LogP contribution is 2.42. The molecule has 0 amide bonds. The van der Waals surface area contributed by atoms with Crippen molar-refractivity contribution >= 4 is 28.3 Å². The van der Waals surface area contributed by atoms with Crippen LogP contribution in [0, 0.1) is 6.92 Å². The molecule has 5 aromatic heterocycles. The van der Waals surface area contributed by atoms with E-state index in [4.69, 9.17) is 4.74 Å². The fourth-order valence-corrected chi connectivity index (χ4v) is 4.85. The minimum Gasteiger partial charge on any atom is -0.472 e. The zero-order valence-electron chi connectivity index (χ0n) is 19.7. The maximum absolute atomic E-state index is 13.6. The van der Waals surface area contributed by atoms with Crippen LogP contribution in [0.3, 0.4) is 0 Å². The lowest BCUT2D eigenvalue weighted by molar-refractivity contribution is -0.135. The summed E-state index contributed by atoms with van der Waals surface area (Å²) in [5.74, 6) is -1.24. The Bertz CT molecular complexity index is 1620. The van der Waals surface area contributed by atoms with Crippen LogP contribution in [-0.4, -0.2) is 50.9 Å². The van der Waals surface area contributed by atoms with Gasteiger partial charge in [-0.15, -0.1) is 5.10 Å². The number of aromatic nitrogens is 8. The molecule has 0 spiro atoms. The number of anilines is 2. The number of aryl methyl sites for hydroxylation is 2. The molecule has 2 aliphatic rings. The second-order valence-corrected chi connectivity index (χ2v) is 9.62. The van der Waals surface area contributed by atoms with E-state index in [1.54, 1.807) is 41.0 Å². The van der Waals surface area contributed by atoms with Crippen LogP contribution < -0.4 is 10.1 Å². The molecule has 12 heteroatoms. The van der Waals surface area contributed by atoms with E-state index in [1.807, 2.05) is 13.0 Å². The first kappa shape index (κ1) is 21.2. The lowest BCUT2D eigenvalue weighted by atomic mass is 9.91. The molecule has 0 saturated heterocycles. The molecule has 2 aliphatic carbocycles. The van der Waals surface area contributed by atoms with Crippen LogP contribution in [0.2, 0.25) is 0 Å². The van der Waals surface area contributed by atoms with Crippen LogP contribution in [0.4, 0.5) is 20.4 Å². The third-order valence-electron chi connectivity index (χ3n) is 6.72. The van der Waals surface area contributed by atoms with Gasteiger partial charge in [0.25, 0.3) is 5.92 Å². The van der Waals surface area contributed by atoms with E-state index in [0.717, 1.165) is 35.3 Å². The predicted molar refractivity (Wildman–Crippen MR) is 128 cm³/mol.